The molecule has 2 aliphatic rings. The number of nitrogens with one attached hydrogen (secondary N) is 1. The molecular formula is C27H37N3O2. The third kappa shape index (κ3) is 5.57. The lowest BCUT2D eigenvalue weighted by Crippen LogP contribution is -2.49. The van der Waals surface area contributed by atoms with E-state index in [0.29, 0.717) is 12.8 Å². The average Bonchev–Trinajstić information content (AvgIpc) is 2.80. The van der Waals surface area contributed by atoms with Crippen LogP contribution in [0.5, 0.6) is 0 Å². The molecule has 172 valence electrons. The Kier molecular flexibility index (Phi) is 7.59. The fourth-order valence-corrected chi connectivity index (χ4v) is 5.35. The number of pyridine rings is 1. The van der Waals surface area contributed by atoms with E-state index in [1.807, 2.05) is 30.3 Å². The molecule has 5 nitrogen and oxygen atoms in total. The van der Waals surface area contributed by atoms with E-state index in [2.05, 4.69) is 22.3 Å². The molecule has 0 radical (unpaired) electrons. The number of nitrogens with zero attached hydrogens (tertiary/aromatic N) is 2. The minimum atomic E-state index is -0.935. The number of aromatic nitrogens is 1. The Hall–Kier alpha value is -2.24. The lowest BCUT2D eigenvalue weighted by molar-refractivity contribution is -0.128. The highest BCUT2D eigenvalue weighted by atomic mass is 16.3. The first-order chi connectivity index (χ1) is 15.5. The summed E-state index contributed by atoms with van der Waals surface area (Å²) in [4.78, 5) is 19.6. The monoisotopic (exact) mass is 435 g/mol. The third-order valence-electron chi connectivity index (χ3n) is 7.16. The van der Waals surface area contributed by atoms with E-state index in [1.54, 1.807) is 6.92 Å². The van der Waals surface area contributed by atoms with Gasteiger partial charge in [0, 0.05) is 25.3 Å². The summed E-state index contributed by atoms with van der Waals surface area (Å²) in [5, 5.41) is 14.8. The molecule has 1 aromatic carbocycles. The van der Waals surface area contributed by atoms with Crippen molar-refractivity contribution >= 4 is 11.6 Å². The van der Waals surface area contributed by atoms with Crippen LogP contribution in [0.3, 0.4) is 0 Å². The maximum Gasteiger partial charge on any atom is 0.140 e. The second-order valence-corrected chi connectivity index (χ2v) is 9.55. The molecule has 0 saturated carbocycles. The van der Waals surface area contributed by atoms with E-state index in [9.17, 15) is 9.90 Å². The highest BCUT2D eigenvalue weighted by Crippen LogP contribution is 2.37. The zero-order valence-electron chi connectivity index (χ0n) is 19.4. The number of hydrogen-bond donors (Lipinski definition) is 2. The maximum absolute atomic E-state index is 12.4. The van der Waals surface area contributed by atoms with Crippen molar-refractivity contribution in [3.8, 4) is 0 Å². The molecule has 0 bridgehead atoms. The summed E-state index contributed by atoms with van der Waals surface area (Å²) in [7, 11) is 0. The molecule has 5 heteroatoms. The van der Waals surface area contributed by atoms with Crippen molar-refractivity contribution < 1.29 is 9.90 Å². The van der Waals surface area contributed by atoms with Crippen LogP contribution in [0.4, 0.5) is 5.82 Å². The number of piperidine rings is 1. The van der Waals surface area contributed by atoms with Crippen molar-refractivity contribution in [1.82, 2.24) is 9.88 Å². The summed E-state index contributed by atoms with van der Waals surface area (Å²) in [6, 6.07) is 14.2. The number of aliphatic hydroxyl groups is 1. The smallest absolute Gasteiger partial charge is 0.140 e. The van der Waals surface area contributed by atoms with Gasteiger partial charge in [0.15, 0.2) is 0 Å². The van der Waals surface area contributed by atoms with Crippen molar-refractivity contribution in [2.75, 3.05) is 31.5 Å². The van der Waals surface area contributed by atoms with Gasteiger partial charge < -0.3 is 15.3 Å². The van der Waals surface area contributed by atoms with E-state index < -0.39 is 11.5 Å². The number of hydrogen-bond acceptors (Lipinski definition) is 5. The van der Waals surface area contributed by atoms with Gasteiger partial charge in [0.05, 0.1) is 11.5 Å². The van der Waals surface area contributed by atoms with Crippen LogP contribution < -0.4 is 5.32 Å². The fraction of sp³-hybridized carbons (Fsp3) is 0.556. The number of Topliss-reactive ketones (excluding diaryl/α,β-unsaturated/α-hetero) is 1. The number of unbranched alkanes of at least 4 members (excludes halogenated alkanes) is 2. The predicted molar refractivity (Wildman–Crippen MR) is 129 cm³/mol. The molecule has 4 rings (SSSR count). The summed E-state index contributed by atoms with van der Waals surface area (Å²) in [6.45, 7) is 5.41. The number of carbonyl (C=O) groups is 1. The lowest BCUT2D eigenvalue weighted by atomic mass is 9.74. The van der Waals surface area contributed by atoms with Crippen LogP contribution in [-0.2, 0) is 17.6 Å². The molecular weight excluding hydrogens is 398 g/mol. The van der Waals surface area contributed by atoms with Gasteiger partial charge in [0.2, 0.25) is 0 Å². The summed E-state index contributed by atoms with van der Waals surface area (Å²) in [5.74, 6) is 0.719. The minimum absolute atomic E-state index is 0.0538. The molecule has 1 aromatic heterocycles. The standard InChI is InChI=1S/C27H37N3O2/c1-21(31)25(22-9-4-2-5-10-22)27(32)15-19-30(20-16-27)18-7-3-6-12-24-14-13-23-11-8-17-28-26(23)29-24/h2,4-5,9-10,13-14,25,32H,3,6-8,11-12,15-20H2,1H3,(H,28,29)/t25-/m0/s1. The van der Waals surface area contributed by atoms with E-state index in [0.717, 1.165) is 63.2 Å². The number of carbonyl (C=O) groups excluding carboxylic acids is 1. The number of aryl methyl sites for hydroxylation is 2. The van der Waals surface area contributed by atoms with Gasteiger partial charge in [-0.25, -0.2) is 4.98 Å². The van der Waals surface area contributed by atoms with Crippen LogP contribution in [0.15, 0.2) is 42.5 Å². The summed E-state index contributed by atoms with van der Waals surface area (Å²) in [6.07, 6.45) is 8.18. The van der Waals surface area contributed by atoms with Gasteiger partial charge in [0.25, 0.3) is 0 Å². The first-order valence-corrected chi connectivity index (χ1v) is 12.3. The van der Waals surface area contributed by atoms with Crippen LogP contribution in [-0.4, -0.2) is 52.6 Å². The van der Waals surface area contributed by atoms with Crippen LogP contribution in [0.1, 0.15) is 68.2 Å². The summed E-state index contributed by atoms with van der Waals surface area (Å²) >= 11 is 0. The lowest BCUT2D eigenvalue weighted by Gasteiger charge is -2.42. The molecule has 2 aromatic rings. The number of anilines is 1. The van der Waals surface area contributed by atoms with E-state index in [-0.39, 0.29) is 5.78 Å². The maximum atomic E-state index is 12.4. The van der Waals surface area contributed by atoms with Crippen LogP contribution in [0, 0.1) is 0 Å². The molecule has 2 N–H and O–H groups in total. The van der Waals surface area contributed by atoms with Gasteiger partial charge in [0.1, 0.15) is 11.6 Å². The zero-order valence-corrected chi connectivity index (χ0v) is 19.4. The zero-order chi connectivity index (χ0) is 22.4. The number of fused-ring (bicyclic) bond motifs is 1. The molecule has 1 fully saturated rings. The average molecular weight is 436 g/mol. The number of ketones is 1. The van der Waals surface area contributed by atoms with Gasteiger partial charge in [-0.3, -0.25) is 4.79 Å². The number of benzene rings is 1. The second kappa shape index (κ2) is 10.6. The topological polar surface area (TPSA) is 65.5 Å². The van der Waals surface area contributed by atoms with Crippen molar-refractivity contribution in [3.63, 3.8) is 0 Å². The highest BCUT2D eigenvalue weighted by Gasteiger charge is 2.42. The second-order valence-electron chi connectivity index (χ2n) is 9.55. The quantitative estimate of drug-likeness (QED) is 0.573. The number of rotatable bonds is 9. The molecule has 0 aliphatic carbocycles. The van der Waals surface area contributed by atoms with Gasteiger partial charge in [-0.1, -0.05) is 42.8 Å². The Balaban J connectivity index is 1.19. The van der Waals surface area contributed by atoms with Crippen LogP contribution >= 0.6 is 0 Å². The minimum Gasteiger partial charge on any atom is -0.389 e. The SMILES string of the molecule is CC(=O)[C@@H](c1ccccc1)C1(O)CCN(CCCCCc2ccc3c(n2)NCCC3)CC1. The van der Waals surface area contributed by atoms with Crippen molar-refractivity contribution in [3.05, 3.63) is 59.3 Å². The molecule has 1 saturated heterocycles. The molecule has 2 aliphatic heterocycles. The Morgan fingerprint density at radius 1 is 1.12 bits per heavy atom. The summed E-state index contributed by atoms with van der Waals surface area (Å²) in [5.41, 5.74) is 2.54. The number of likely N-dealkylation sites (tertiary alicyclic amines) is 1. The molecule has 1 atom stereocenters. The van der Waals surface area contributed by atoms with Crippen LogP contribution in [0.2, 0.25) is 0 Å². The molecule has 0 amide bonds. The van der Waals surface area contributed by atoms with Gasteiger partial charge in [-0.05, 0) is 75.6 Å². The van der Waals surface area contributed by atoms with Crippen molar-refractivity contribution in [1.29, 1.82) is 0 Å². The van der Waals surface area contributed by atoms with Gasteiger partial charge >= 0.3 is 0 Å². The molecule has 0 unspecified atom stereocenters. The molecule has 32 heavy (non-hydrogen) atoms. The van der Waals surface area contributed by atoms with Gasteiger partial charge in [-0.15, -0.1) is 0 Å². The Labute approximate surface area is 192 Å². The normalized spacial score (nSPS) is 19.1. The van der Waals surface area contributed by atoms with Crippen LogP contribution in [0.25, 0.3) is 0 Å². The predicted octanol–water partition coefficient (Wildman–Crippen LogP) is 4.35. The van der Waals surface area contributed by atoms with E-state index >= 15 is 0 Å². The van der Waals surface area contributed by atoms with Crippen molar-refractivity contribution in [2.24, 2.45) is 0 Å². The first kappa shape index (κ1) is 22.9. The van der Waals surface area contributed by atoms with E-state index in [1.165, 1.54) is 24.1 Å². The Bertz CT molecular complexity index is 891. The first-order valence-electron chi connectivity index (χ1n) is 12.3. The fourth-order valence-electron chi connectivity index (χ4n) is 5.35. The van der Waals surface area contributed by atoms with E-state index in [4.69, 9.17) is 4.98 Å². The summed E-state index contributed by atoms with van der Waals surface area (Å²) < 4.78 is 0. The van der Waals surface area contributed by atoms with Crippen molar-refractivity contribution in [2.45, 2.75) is 69.8 Å². The largest absolute Gasteiger partial charge is 0.389 e. The third-order valence-corrected chi connectivity index (χ3v) is 7.16. The molecule has 0 spiro atoms. The molecule has 3 heterocycles. The Morgan fingerprint density at radius 3 is 2.66 bits per heavy atom. The highest BCUT2D eigenvalue weighted by molar-refractivity contribution is 5.84. The Morgan fingerprint density at radius 2 is 1.91 bits per heavy atom. The van der Waals surface area contributed by atoms with Gasteiger partial charge in [-0.2, -0.15) is 0 Å².